The molecule has 2 rings (SSSR count). The molecule has 1 heterocycles. The predicted molar refractivity (Wildman–Crippen MR) is 71.7 cm³/mol. The summed E-state index contributed by atoms with van der Waals surface area (Å²) in [5, 5.41) is 9.98. The molecule has 1 aromatic carbocycles. The highest BCUT2D eigenvalue weighted by Gasteiger charge is 2.12. The van der Waals surface area contributed by atoms with Crippen molar-refractivity contribution in [1.29, 1.82) is 0 Å². The van der Waals surface area contributed by atoms with Gasteiger partial charge in [0, 0.05) is 6.20 Å². The average molecular weight is 243 g/mol. The minimum Gasteiger partial charge on any atom is -0.507 e. The van der Waals surface area contributed by atoms with Crippen LogP contribution in [-0.4, -0.2) is 16.7 Å². The summed E-state index contributed by atoms with van der Waals surface area (Å²) in [5.74, 6) is 0.879. The minimum absolute atomic E-state index is 0.197. The molecule has 3 nitrogen and oxygen atoms in total. The number of ether oxygens (including phenoxy) is 1. The van der Waals surface area contributed by atoms with Gasteiger partial charge in [-0.3, -0.25) is 4.98 Å². The van der Waals surface area contributed by atoms with Gasteiger partial charge in [-0.25, -0.2) is 0 Å². The van der Waals surface area contributed by atoms with Crippen molar-refractivity contribution in [3.8, 4) is 22.8 Å². The number of phenolic OH excluding ortho intramolecular Hbond substituents is 1. The Bertz CT molecular complexity index is 497. The van der Waals surface area contributed by atoms with Crippen LogP contribution in [0.4, 0.5) is 0 Å². The Morgan fingerprint density at radius 1 is 1.17 bits per heavy atom. The molecular formula is C15H17NO2. The average Bonchev–Trinajstić information content (AvgIpc) is 2.40. The van der Waals surface area contributed by atoms with Crippen LogP contribution in [0.2, 0.25) is 0 Å². The third-order valence-electron chi connectivity index (χ3n) is 2.68. The molecule has 0 spiro atoms. The number of aromatic nitrogens is 1. The first-order chi connectivity index (χ1) is 8.83. The Morgan fingerprint density at radius 3 is 2.78 bits per heavy atom. The summed E-state index contributed by atoms with van der Waals surface area (Å²) in [6.45, 7) is 2.77. The van der Waals surface area contributed by atoms with Crippen LogP contribution in [0.5, 0.6) is 11.5 Å². The van der Waals surface area contributed by atoms with Gasteiger partial charge in [0.05, 0.1) is 17.9 Å². The van der Waals surface area contributed by atoms with Crippen LogP contribution in [0, 0.1) is 0 Å². The van der Waals surface area contributed by atoms with Gasteiger partial charge >= 0.3 is 0 Å². The van der Waals surface area contributed by atoms with Crippen LogP contribution in [0.3, 0.4) is 0 Å². The van der Waals surface area contributed by atoms with Crippen molar-refractivity contribution in [3.63, 3.8) is 0 Å². The zero-order valence-corrected chi connectivity index (χ0v) is 10.5. The molecule has 0 aliphatic rings. The number of phenols is 1. The second-order valence-corrected chi connectivity index (χ2v) is 4.07. The number of nitrogens with zero attached hydrogens (tertiary/aromatic N) is 1. The molecule has 2 aromatic rings. The Balaban J connectivity index is 2.33. The van der Waals surface area contributed by atoms with Gasteiger partial charge in [0.25, 0.3) is 0 Å². The van der Waals surface area contributed by atoms with Crippen molar-refractivity contribution < 1.29 is 9.84 Å². The predicted octanol–water partition coefficient (Wildman–Crippen LogP) is 3.63. The van der Waals surface area contributed by atoms with E-state index >= 15 is 0 Å². The maximum atomic E-state index is 9.98. The van der Waals surface area contributed by atoms with E-state index in [0.29, 0.717) is 17.9 Å². The monoisotopic (exact) mass is 243 g/mol. The topological polar surface area (TPSA) is 42.4 Å². The molecule has 1 aromatic heterocycles. The van der Waals surface area contributed by atoms with Gasteiger partial charge in [0.15, 0.2) is 0 Å². The van der Waals surface area contributed by atoms with Crippen molar-refractivity contribution in [2.24, 2.45) is 0 Å². The minimum atomic E-state index is 0.197. The lowest BCUT2D eigenvalue weighted by molar-refractivity contribution is 0.309. The lowest BCUT2D eigenvalue weighted by Gasteiger charge is -2.12. The van der Waals surface area contributed by atoms with Crippen molar-refractivity contribution in [3.05, 3.63) is 42.6 Å². The number of hydrogen-bond acceptors (Lipinski definition) is 3. The van der Waals surface area contributed by atoms with Gasteiger partial charge in [-0.15, -0.1) is 0 Å². The SMILES string of the molecule is CCCCOc1cccc(O)c1-c1ccccn1. The van der Waals surface area contributed by atoms with Gasteiger partial charge in [0.2, 0.25) is 0 Å². The normalized spacial score (nSPS) is 10.3. The highest BCUT2D eigenvalue weighted by molar-refractivity contribution is 5.73. The van der Waals surface area contributed by atoms with Gasteiger partial charge < -0.3 is 9.84 Å². The summed E-state index contributed by atoms with van der Waals surface area (Å²) >= 11 is 0. The molecule has 0 atom stereocenters. The number of rotatable bonds is 5. The van der Waals surface area contributed by atoms with Crippen molar-refractivity contribution in [2.75, 3.05) is 6.61 Å². The summed E-state index contributed by atoms with van der Waals surface area (Å²) < 4.78 is 5.71. The van der Waals surface area contributed by atoms with Crippen LogP contribution >= 0.6 is 0 Å². The highest BCUT2D eigenvalue weighted by atomic mass is 16.5. The smallest absolute Gasteiger partial charge is 0.132 e. The first kappa shape index (κ1) is 12.4. The fraction of sp³-hybridized carbons (Fsp3) is 0.267. The zero-order valence-electron chi connectivity index (χ0n) is 10.5. The Kier molecular flexibility index (Phi) is 4.18. The maximum absolute atomic E-state index is 9.98. The number of hydrogen-bond donors (Lipinski definition) is 1. The van der Waals surface area contributed by atoms with Crippen molar-refractivity contribution in [1.82, 2.24) is 4.98 Å². The fourth-order valence-electron chi connectivity index (χ4n) is 1.73. The lowest BCUT2D eigenvalue weighted by atomic mass is 10.1. The summed E-state index contributed by atoms with van der Waals surface area (Å²) in [4.78, 5) is 4.26. The first-order valence-corrected chi connectivity index (χ1v) is 6.19. The second-order valence-electron chi connectivity index (χ2n) is 4.07. The molecule has 3 heteroatoms. The summed E-state index contributed by atoms with van der Waals surface area (Å²) in [5.41, 5.74) is 1.39. The molecule has 0 unspecified atom stereocenters. The van der Waals surface area contributed by atoms with Gasteiger partial charge in [-0.05, 0) is 30.7 Å². The lowest BCUT2D eigenvalue weighted by Crippen LogP contribution is -1.98. The molecule has 0 fully saturated rings. The third-order valence-corrected chi connectivity index (χ3v) is 2.68. The van der Waals surface area contributed by atoms with E-state index in [-0.39, 0.29) is 5.75 Å². The molecule has 0 radical (unpaired) electrons. The van der Waals surface area contributed by atoms with E-state index in [4.69, 9.17) is 4.74 Å². The van der Waals surface area contributed by atoms with Gasteiger partial charge in [0.1, 0.15) is 11.5 Å². The Hall–Kier alpha value is -2.03. The molecule has 0 saturated carbocycles. The van der Waals surface area contributed by atoms with E-state index in [2.05, 4.69) is 11.9 Å². The van der Waals surface area contributed by atoms with Crippen molar-refractivity contribution >= 4 is 0 Å². The third kappa shape index (κ3) is 2.80. The van der Waals surface area contributed by atoms with Crippen LogP contribution < -0.4 is 4.74 Å². The first-order valence-electron chi connectivity index (χ1n) is 6.19. The molecule has 0 saturated heterocycles. The Labute approximate surface area is 107 Å². The highest BCUT2D eigenvalue weighted by Crippen LogP contribution is 2.36. The van der Waals surface area contributed by atoms with E-state index in [1.807, 2.05) is 24.3 Å². The maximum Gasteiger partial charge on any atom is 0.132 e. The van der Waals surface area contributed by atoms with Crippen LogP contribution in [0.1, 0.15) is 19.8 Å². The molecule has 0 aliphatic heterocycles. The molecular weight excluding hydrogens is 226 g/mol. The molecule has 1 N–H and O–H groups in total. The van der Waals surface area contributed by atoms with Crippen LogP contribution in [0.25, 0.3) is 11.3 Å². The molecule has 0 bridgehead atoms. The molecule has 0 amide bonds. The van der Waals surface area contributed by atoms with E-state index in [1.165, 1.54) is 0 Å². The number of unbranched alkanes of at least 4 members (excludes halogenated alkanes) is 1. The quantitative estimate of drug-likeness (QED) is 0.815. The van der Waals surface area contributed by atoms with E-state index in [0.717, 1.165) is 18.5 Å². The fourth-order valence-corrected chi connectivity index (χ4v) is 1.73. The van der Waals surface area contributed by atoms with Gasteiger partial charge in [-0.1, -0.05) is 25.5 Å². The number of aromatic hydroxyl groups is 1. The number of pyridine rings is 1. The molecule has 94 valence electrons. The largest absolute Gasteiger partial charge is 0.507 e. The summed E-state index contributed by atoms with van der Waals surface area (Å²) in [7, 11) is 0. The zero-order chi connectivity index (χ0) is 12.8. The second kappa shape index (κ2) is 6.05. The summed E-state index contributed by atoms with van der Waals surface area (Å²) in [6.07, 6.45) is 3.78. The van der Waals surface area contributed by atoms with Crippen LogP contribution in [-0.2, 0) is 0 Å². The molecule has 18 heavy (non-hydrogen) atoms. The van der Waals surface area contributed by atoms with Gasteiger partial charge in [-0.2, -0.15) is 0 Å². The van der Waals surface area contributed by atoms with Crippen molar-refractivity contribution in [2.45, 2.75) is 19.8 Å². The molecule has 0 aliphatic carbocycles. The summed E-state index contributed by atoms with van der Waals surface area (Å²) in [6, 6.07) is 10.9. The Morgan fingerprint density at radius 2 is 2.06 bits per heavy atom. The van der Waals surface area contributed by atoms with E-state index in [1.54, 1.807) is 18.3 Å². The number of benzene rings is 1. The van der Waals surface area contributed by atoms with E-state index < -0.39 is 0 Å². The standard InChI is InChI=1S/C15H17NO2/c1-2-3-11-18-14-9-6-8-13(17)15(14)12-7-4-5-10-16-12/h4-10,17H,2-3,11H2,1H3. The van der Waals surface area contributed by atoms with E-state index in [9.17, 15) is 5.11 Å². The van der Waals surface area contributed by atoms with Crippen LogP contribution in [0.15, 0.2) is 42.6 Å².